The van der Waals surface area contributed by atoms with Crippen LogP contribution < -0.4 is 10.6 Å². The second kappa shape index (κ2) is 7.84. The van der Waals surface area contributed by atoms with E-state index in [4.69, 9.17) is 4.74 Å². The Balaban J connectivity index is 1.83. The highest BCUT2D eigenvalue weighted by Gasteiger charge is 2.27. The number of likely N-dealkylation sites (tertiary alicyclic amines) is 1. The molecule has 1 aliphatic rings. The fourth-order valence-corrected chi connectivity index (χ4v) is 2.50. The molecule has 1 heterocycles. The predicted molar refractivity (Wildman–Crippen MR) is 89.3 cm³/mol. The lowest BCUT2D eigenvalue weighted by Gasteiger charge is -2.33. The van der Waals surface area contributed by atoms with Gasteiger partial charge < -0.3 is 20.3 Å². The van der Waals surface area contributed by atoms with E-state index >= 15 is 0 Å². The van der Waals surface area contributed by atoms with Crippen LogP contribution in [0.4, 0.5) is 28.4 Å². The molecule has 1 fully saturated rings. The summed E-state index contributed by atoms with van der Waals surface area (Å²) >= 11 is 0. The molecule has 3 amide bonds. The number of nitrogens with zero attached hydrogens (tertiary/aromatic N) is 1. The van der Waals surface area contributed by atoms with Gasteiger partial charge in [0.05, 0.1) is 5.69 Å². The molecule has 2 rings (SSSR count). The Morgan fingerprint density at radius 2 is 1.73 bits per heavy atom. The van der Waals surface area contributed by atoms with Crippen LogP contribution in [-0.4, -0.2) is 41.8 Å². The van der Waals surface area contributed by atoms with Crippen molar-refractivity contribution in [1.29, 1.82) is 0 Å². The van der Waals surface area contributed by atoms with Gasteiger partial charge in [0.25, 0.3) is 0 Å². The number of urea groups is 1. The molecule has 2 N–H and O–H groups in total. The van der Waals surface area contributed by atoms with Gasteiger partial charge in [-0.1, -0.05) is 0 Å². The van der Waals surface area contributed by atoms with Gasteiger partial charge in [-0.05, 0) is 45.7 Å². The SMILES string of the molecule is CC(C)(C)OC(=O)N1CCC(NC(=O)Nc2ccc(F)c(F)c2F)CC1. The Kier molecular flexibility index (Phi) is 5.99. The number of piperidine rings is 1. The average Bonchev–Trinajstić information content (AvgIpc) is 2.54. The summed E-state index contributed by atoms with van der Waals surface area (Å²) in [5, 5.41) is 4.78. The summed E-state index contributed by atoms with van der Waals surface area (Å²) < 4.78 is 44.9. The van der Waals surface area contributed by atoms with Crippen molar-refractivity contribution in [1.82, 2.24) is 10.2 Å². The molecule has 6 nitrogen and oxygen atoms in total. The Bertz CT molecular complexity index is 684. The van der Waals surface area contributed by atoms with Crippen molar-refractivity contribution in [3.8, 4) is 0 Å². The number of rotatable bonds is 2. The molecule has 0 spiro atoms. The summed E-state index contributed by atoms with van der Waals surface area (Å²) in [7, 11) is 0. The smallest absolute Gasteiger partial charge is 0.410 e. The van der Waals surface area contributed by atoms with E-state index in [9.17, 15) is 22.8 Å². The minimum absolute atomic E-state index is 0.234. The number of nitrogens with one attached hydrogen (secondary N) is 2. The lowest BCUT2D eigenvalue weighted by atomic mass is 10.1. The summed E-state index contributed by atoms with van der Waals surface area (Å²) in [6.45, 7) is 6.14. The highest BCUT2D eigenvalue weighted by molar-refractivity contribution is 5.89. The molecule has 1 aromatic rings. The highest BCUT2D eigenvalue weighted by Crippen LogP contribution is 2.20. The molecule has 0 aliphatic carbocycles. The molecular weight excluding hydrogens is 351 g/mol. The van der Waals surface area contributed by atoms with Gasteiger partial charge in [-0.3, -0.25) is 0 Å². The fourth-order valence-electron chi connectivity index (χ4n) is 2.50. The van der Waals surface area contributed by atoms with Gasteiger partial charge in [0.15, 0.2) is 17.5 Å². The van der Waals surface area contributed by atoms with Gasteiger partial charge in [-0.2, -0.15) is 0 Å². The van der Waals surface area contributed by atoms with Crippen molar-refractivity contribution in [2.24, 2.45) is 0 Å². The van der Waals surface area contributed by atoms with Crippen molar-refractivity contribution in [2.45, 2.75) is 45.3 Å². The molecule has 0 saturated carbocycles. The number of carbonyl (C=O) groups excluding carboxylic acids is 2. The average molecular weight is 373 g/mol. The lowest BCUT2D eigenvalue weighted by Crippen LogP contribution is -2.48. The first-order valence-electron chi connectivity index (χ1n) is 8.26. The van der Waals surface area contributed by atoms with Crippen LogP contribution in [0.3, 0.4) is 0 Å². The topological polar surface area (TPSA) is 70.7 Å². The van der Waals surface area contributed by atoms with E-state index in [0.29, 0.717) is 25.9 Å². The summed E-state index contributed by atoms with van der Waals surface area (Å²) in [6.07, 6.45) is 0.573. The number of ether oxygens (including phenoxy) is 1. The number of hydrogen-bond donors (Lipinski definition) is 2. The molecule has 0 atom stereocenters. The van der Waals surface area contributed by atoms with E-state index in [1.54, 1.807) is 25.7 Å². The van der Waals surface area contributed by atoms with Gasteiger partial charge in [-0.25, -0.2) is 22.8 Å². The van der Waals surface area contributed by atoms with Crippen LogP contribution in [0.2, 0.25) is 0 Å². The quantitative estimate of drug-likeness (QED) is 0.778. The largest absolute Gasteiger partial charge is 0.444 e. The Labute approximate surface area is 149 Å². The Hall–Kier alpha value is -2.45. The lowest BCUT2D eigenvalue weighted by molar-refractivity contribution is 0.0202. The van der Waals surface area contributed by atoms with Crippen LogP contribution in [0.25, 0.3) is 0 Å². The van der Waals surface area contributed by atoms with E-state index < -0.39 is 40.9 Å². The van der Waals surface area contributed by atoms with E-state index in [0.717, 1.165) is 12.1 Å². The van der Waals surface area contributed by atoms with Crippen molar-refractivity contribution < 1.29 is 27.5 Å². The third-order valence-electron chi connectivity index (χ3n) is 3.77. The molecular formula is C17H22F3N3O3. The van der Waals surface area contributed by atoms with Crippen LogP contribution in [-0.2, 0) is 4.74 Å². The van der Waals surface area contributed by atoms with E-state index in [1.807, 2.05) is 0 Å². The summed E-state index contributed by atoms with van der Waals surface area (Å²) in [5.74, 6) is -4.43. The van der Waals surface area contributed by atoms with Crippen LogP contribution in [0.1, 0.15) is 33.6 Å². The summed E-state index contributed by atoms with van der Waals surface area (Å²) in [4.78, 5) is 25.5. The maximum Gasteiger partial charge on any atom is 0.410 e. The predicted octanol–water partition coefficient (Wildman–Crippen LogP) is 3.62. The number of benzene rings is 1. The molecule has 0 unspecified atom stereocenters. The van der Waals surface area contributed by atoms with Crippen LogP contribution >= 0.6 is 0 Å². The number of halogens is 3. The molecule has 1 aliphatic heterocycles. The van der Waals surface area contributed by atoms with Crippen molar-refractivity contribution in [3.63, 3.8) is 0 Å². The second-order valence-electron chi connectivity index (χ2n) is 7.06. The first-order chi connectivity index (χ1) is 12.1. The summed E-state index contributed by atoms with van der Waals surface area (Å²) in [6, 6.07) is 0.707. The zero-order valence-electron chi connectivity index (χ0n) is 14.9. The van der Waals surface area contributed by atoms with Gasteiger partial charge >= 0.3 is 12.1 Å². The molecule has 1 aromatic carbocycles. The standard InChI is InChI=1S/C17H22F3N3O3/c1-17(2,3)26-16(25)23-8-6-10(7-9-23)21-15(24)22-12-5-4-11(18)13(19)14(12)20/h4-5,10H,6-9H2,1-3H3,(H2,21,22,24). The second-order valence-corrected chi connectivity index (χ2v) is 7.06. The molecule has 144 valence electrons. The Morgan fingerprint density at radius 3 is 2.31 bits per heavy atom. The molecule has 0 bridgehead atoms. The third kappa shape index (κ3) is 5.27. The first-order valence-corrected chi connectivity index (χ1v) is 8.26. The molecule has 0 radical (unpaired) electrons. The minimum Gasteiger partial charge on any atom is -0.444 e. The minimum atomic E-state index is -1.64. The van der Waals surface area contributed by atoms with Gasteiger partial charge in [-0.15, -0.1) is 0 Å². The molecule has 0 aromatic heterocycles. The van der Waals surface area contributed by atoms with E-state index in [-0.39, 0.29) is 6.04 Å². The zero-order valence-corrected chi connectivity index (χ0v) is 14.9. The molecule has 9 heteroatoms. The number of hydrogen-bond acceptors (Lipinski definition) is 3. The van der Waals surface area contributed by atoms with Crippen molar-refractivity contribution in [3.05, 3.63) is 29.6 Å². The maximum atomic E-state index is 13.6. The van der Waals surface area contributed by atoms with Crippen LogP contribution in [0.5, 0.6) is 0 Å². The Morgan fingerprint density at radius 1 is 1.12 bits per heavy atom. The maximum absolute atomic E-state index is 13.6. The normalized spacial score (nSPS) is 15.5. The monoisotopic (exact) mass is 373 g/mol. The van der Waals surface area contributed by atoms with Crippen LogP contribution in [0, 0.1) is 17.5 Å². The van der Waals surface area contributed by atoms with Crippen molar-refractivity contribution >= 4 is 17.8 Å². The zero-order chi connectivity index (χ0) is 19.5. The molecule has 26 heavy (non-hydrogen) atoms. The molecule has 1 saturated heterocycles. The number of carbonyl (C=O) groups is 2. The van der Waals surface area contributed by atoms with Crippen LogP contribution in [0.15, 0.2) is 12.1 Å². The third-order valence-corrected chi connectivity index (χ3v) is 3.77. The van der Waals surface area contributed by atoms with Gasteiger partial charge in [0, 0.05) is 19.1 Å². The van der Waals surface area contributed by atoms with E-state index in [2.05, 4.69) is 10.6 Å². The van der Waals surface area contributed by atoms with Gasteiger partial charge in [0.2, 0.25) is 0 Å². The highest BCUT2D eigenvalue weighted by atomic mass is 19.2. The number of amides is 3. The number of anilines is 1. The fraction of sp³-hybridized carbons (Fsp3) is 0.529. The van der Waals surface area contributed by atoms with Gasteiger partial charge in [0.1, 0.15) is 5.60 Å². The van der Waals surface area contributed by atoms with Crippen molar-refractivity contribution in [2.75, 3.05) is 18.4 Å². The first kappa shape index (κ1) is 19.9. The summed E-state index contributed by atoms with van der Waals surface area (Å²) in [5.41, 5.74) is -1.03. The van der Waals surface area contributed by atoms with E-state index in [1.165, 1.54) is 0 Å².